The highest BCUT2D eigenvalue weighted by molar-refractivity contribution is 7.92. The highest BCUT2D eigenvalue weighted by Gasteiger charge is 2.33. The summed E-state index contributed by atoms with van der Waals surface area (Å²) in [6, 6.07) is 9.87. The van der Waals surface area contributed by atoms with Gasteiger partial charge in [-0.2, -0.15) is 5.26 Å². The number of nitriles is 1. The maximum absolute atomic E-state index is 11.9. The van der Waals surface area contributed by atoms with Gasteiger partial charge in [0.05, 0.1) is 22.6 Å². The molecule has 1 atom stereocenters. The van der Waals surface area contributed by atoms with Crippen LogP contribution in [-0.4, -0.2) is 61.9 Å². The fourth-order valence-corrected chi connectivity index (χ4v) is 5.29. The summed E-state index contributed by atoms with van der Waals surface area (Å²) < 4.78 is 23.9. The predicted octanol–water partition coefficient (Wildman–Crippen LogP) is 1.25. The monoisotopic (exact) mass is 333 g/mol. The zero-order chi connectivity index (χ0) is 16.3. The molecule has 2 saturated heterocycles. The fourth-order valence-electron chi connectivity index (χ4n) is 3.42. The van der Waals surface area contributed by atoms with Crippen molar-refractivity contribution in [2.75, 3.05) is 38.5 Å². The van der Waals surface area contributed by atoms with Crippen LogP contribution in [0.25, 0.3) is 0 Å². The van der Waals surface area contributed by atoms with Crippen LogP contribution < -0.4 is 0 Å². The molecule has 2 aliphatic heterocycles. The molecule has 1 unspecified atom stereocenters. The second-order valence-electron chi connectivity index (χ2n) is 6.52. The molecule has 0 spiro atoms. The standard InChI is InChI=1S/C17H23N3O2S/c18-12-15-3-5-16(6-4-15)13-19-7-9-20(10-8-19)14-17-2-1-11-23(17,21)22/h3-6,17H,1-2,7-11,13-14H2. The molecule has 3 rings (SSSR count). The van der Waals surface area contributed by atoms with Crippen molar-refractivity contribution in [3.8, 4) is 6.07 Å². The smallest absolute Gasteiger partial charge is 0.154 e. The van der Waals surface area contributed by atoms with Crippen molar-refractivity contribution in [3.05, 3.63) is 35.4 Å². The first-order valence-corrected chi connectivity index (χ1v) is 9.94. The molecule has 1 aromatic rings. The first-order chi connectivity index (χ1) is 11.1. The molecular formula is C17H23N3O2S. The van der Waals surface area contributed by atoms with E-state index in [0.717, 1.165) is 45.6 Å². The summed E-state index contributed by atoms with van der Waals surface area (Å²) in [6.07, 6.45) is 1.65. The van der Waals surface area contributed by atoms with Crippen LogP contribution in [0, 0.1) is 11.3 Å². The molecule has 124 valence electrons. The van der Waals surface area contributed by atoms with Crippen LogP contribution in [0.15, 0.2) is 24.3 Å². The molecule has 23 heavy (non-hydrogen) atoms. The maximum atomic E-state index is 11.9. The number of benzene rings is 1. The molecule has 5 nitrogen and oxygen atoms in total. The molecule has 0 aliphatic carbocycles. The van der Waals surface area contributed by atoms with Crippen molar-refractivity contribution in [1.82, 2.24) is 9.80 Å². The van der Waals surface area contributed by atoms with E-state index in [1.165, 1.54) is 5.56 Å². The number of rotatable bonds is 4. The minimum absolute atomic E-state index is 0.146. The normalized spacial score (nSPS) is 25.3. The van der Waals surface area contributed by atoms with E-state index in [2.05, 4.69) is 15.9 Å². The van der Waals surface area contributed by atoms with Crippen molar-refractivity contribution in [3.63, 3.8) is 0 Å². The van der Waals surface area contributed by atoms with E-state index in [0.29, 0.717) is 17.9 Å². The molecule has 0 N–H and O–H groups in total. The van der Waals surface area contributed by atoms with Gasteiger partial charge in [-0.3, -0.25) is 9.80 Å². The molecular weight excluding hydrogens is 310 g/mol. The third-order valence-corrected chi connectivity index (χ3v) is 7.14. The van der Waals surface area contributed by atoms with Crippen LogP contribution >= 0.6 is 0 Å². The number of nitrogens with zero attached hydrogens (tertiary/aromatic N) is 3. The Kier molecular flexibility index (Phi) is 5.00. The van der Waals surface area contributed by atoms with Crippen molar-refractivity contribution in [1.29, 1.82) is 5.26 Å². The minimum atomic E-state index is -2.84. The zero-order valence-corrected chi connectivity index (χ0v) is 14.1. The maximum Gasteiger partial charge on any atom is 0.154 e. The first-order valence-electron chi connectivity index (χ1n) is 8.22. The van der Waals surface area contributed by atoms with Gasteiger partial charge in [0, 0.05) is 39.3 Å². The summed E-state index contributed by atoms with van der Waals surface area (Å²) in [5, 5.41) is 8.68. The highest BCUT2D eigenvalue weighted by atomic mass is 32.2. The summed E-state index contributed by atoms with van der Waals surface area (Å²) in [5.74, 6) is 0.371. The Morgan fingerprint density at radius 3 is 2.30 bits per heavy atom. The lowest BCUT2D eigenvalue weighted by Crippen LogP contribution is -2.48. The molecule has 0 aromatic heterocycles. The lowest BCUT2D eigenvalue weighted by Gasteiger charge is -2.35. The number of hydrogen-bond donors (Lipinski definition) is 0. The second kappa shape index (κ2) is 7.00. The van der Waals surface area contributed by atoms with Gasteiger partial charge >= 0.3 is 0 Å². The SMILES string of the molecule is N#Cc1ccc(CN2CCN(CC3CCCS3(=O)=O)CC2)cc1. The van der Waals surface area contributed by atoms with E-state index in [1.807, 2.05) is 24.3 Å². The summed E-state index contributed by atoms with van der Waals surface area (Å²) >= 11 is 0. The van der Waals surface area contributed by atoms with Crippen molar-refractivity contribution < 1.29 is 8.42 Å². The highest BCUT2D eigenvalue weighted by Crippen LogP contribution is 2.21. The molecule has 1 aromatic carbocycles. The zero-order valence-electron chi connectivity index (χ0n) is 13.3. The van der Waals surface area contributed by atoms with E-state index in [-0.39, 0.29) is 5.25 Å². The molecule has 0 radical (unpaired) electrons. The second-order valence-corrected chi connectivity index (χ2v) is 8.92. The van der Waals surface area contributed by atoms with Crippen LogP contribution in [0.3, 0.4) is 0 Å². The third-order valence-electron chi connectivity index (χ3n) is 4.88. The topological polar surface area (TPSA) is 64.4 Å². The van der Waals surface area contributed by atoms with E-state index in [4.69, 9.17) is 5.26 Å². The molecule has 2 aliphatic rings. The molecule has 0 saturated carbocycles. The van der Waals surface area contributed by atoms with E-state index in [1.54, 1.807) is 0 Å². The van der Waals surface area contributed by atoms with Crippen LogP contribution in [0.2, 0.25) is 0 Å². The molecule has 6 heteroatoms. The van der Waals surface area contributed by atoms with Crippen molar-refractivity contribution in [2.45, 2.75) is 24.6 Å². The average Bonchev–Trinajstić information content (AvgIpc) is 2.88. The lowest BCUT2D eigenvalue weighted by molar-refractivity contribution is 0.127. The van der Waals surface area contributed by atoms with Gasteiger partial charge in [-0.05, 0) is 30.5 Å². The van der Waals surface area contributed by atoms with Crippen LogP contribution in [0.1, 0.15) is 24.0 Å². The first kappa shape index (κ1) is 16.4. The van der Waals surface area contributed by atoms with Gasteiger partial charge in [-0.1, -0.05) is 12.1 Å². The van der Waals surface area contributed by atoms with Crippen molar-refractivity contribution >= 4 is 9.84 Å². The van der Waals surface area contributed by atoms with Crippen LogP contribution in [0.5, 0.6) is 0 Å². The summed E-state index contributed by atoms with van der Waals surface area (Å²) in [4.78, 5) is 4.68. The van der Waals surface area contributed by atoms with Gasteiger partial charge in [-0.25, -0.2) is 8.42 Å². The number of hydrogen-bond acceptors (Lipinski definition) is 5. The summed E-state index contributed by atoms with van der Waals surface area (Å²) in [6.45, 7) is 5.39. The molecule has 0 amide bonds. The number of sulfone groups is 1. The van der Waals surface area contributed by atoms with Gasteiger partial charge in [-0.15, -0.1) is 0 Å². The lowest BCUT2D eigenvalue weighted by atomic mass is 10.1. The van der Waals surface area contributed by atoms with E-state index < -0.39 is 9.84 Å². The Bertz CT molecular complexity index is 671. The Labute approximate surface area is 138 Å². The molecule has 0 bridgehead atoms. The van der Waals surface area contributed by atoms with Crippen LogP contribution in [0.4, 0.5) is 0 Å². The van der Waals surface area contributed by atoms with Gasteiger partial charge in [0.15, 0.2) is 9.84 Å². The van der Waals surface area contributed by atoms with Gasteiger partial charge in [0.2, 0.25) is 0 Å². The predicted molar refractivity (Wildman–Crippen MR) is 89.7 cm³/mol. The quantitative estimate of drug-likeness (QED) is 0.830. The third kappa shape index (κ3) is 4.11. The summed E-state index contributed by atoms with van der Waals surface area (Å²) in [5.41, 5.74) is 1.91. The van der Waals surface area contributed by atoms with Gasteiger partial charge < -0.3 is 0 Å². The summed E-state index contributed by atoms with van der Waals surface area (Å²) in [7, 11) is -2.84. The molecule has 2 heterocycles. The van der Waals surface area contributed by atoms with Gasteiger partial charge in [0.25, 0.3) is 0 Å². The minimum Gasteiger partial charge on any atom is -0.300 e. The Morgan fingerprint density at radius 1 is 1.09 bits per heavy atom. The number of piperazine rings is 1. The Hall–Kier alpha value is -1.42. The van der Waals surface area contributed by atoms with Gasteiger partial charge in [0.1, 0.15) is 0 Å². The molecule has 2 fully saturated rings. The van der Waals surface area contributed by atoms with E-state index in [9.17, 15) is 8.42 Å². The van der Waals surface area contributed by atoms with Crippen molar-refractivity contribution in [2.24, 2.45) is 0 Å². The average molecular weight is 333 g/mol. The largest absolute Gasteiger partial charge is 0.300 e. The van der Waals surface area contributed by atoms with E-state index >= 15 is 0 Å². The Morgan fingerprint density at radius 2 is 1.74 bits per heavy atom. The Balaban J connectivity index is 1.47. The fraction of sp³-hybridized carbons (Fsp3) is 0.588. The van der Waals surface area contributed by atoms with Crippen LogP contribution in [-0.2, 0) is 16.4 Å².